The Morgan fingerprint density at radius 2 is 1.77 bits per heavy atom. The van der Waals surface area contributed by atoms with Crippen molar-refractivity contribution in [2.75, 3.05) is 0 Å². The summed E-state index contributed by atoms with van der Waals surface area (Å²) in [6, 6.07) is 13.1. The summed E-state index contributed by atoms with van der Waals surface area (Å²) in [5.74, 6) is -0.369. The highest BCUT2D eigenvalue weighted by Gasteiger charge is 2.17. The van der Waals surface area contributed by atoms with Crippen LogP contribution in [0.5, 0.6) is 5.88 Å². The number of aryl methyl sites for hydroxylation is 3. The van der Waals surface area contributed by atoms with E-state index in [0.717, 1.165) is 34.9 Å². The molecule has 2 aromatic carbocycles. The number of hydrogen-bond donors (Lipinski definition) is 1. The van der Waals surface area contributed by atoms with Crippen molar-refractivity contribution in [1.29, 1.82) is 0 Å². The summed E-state index contributed by atoms with van der Waals surface area (Å²) in [5, 5.41) is 19.4. The third-order valence-electron chi connectivity index (χ3n) is 4.44. The van der Waals surface area contributed by atoms with Crippen LogP contribution in [0.25, 0.3) is 10.9 Å². The molecule has 0 aliphatic carbocycles. The molecule has 0 fully saturated rings. The number of rotatable bonds is 5. The number of hydrogen-bond acceptors (Lipinski definition) is 3. The molecule has 0 atom stereocenters. The van der Waals surface area contributed by atoms with Gasteiger partial charge >= 0.3 is 0 Å². The van der Waals surface area contributed by atoms with Gasteiger partial charge in [-0.3, -0.25) is 4.79 Å². The lowest BCUT2D eigenvalue weighted by Crippen LogP contribution is -1.96. The van der Waals surface area contributed by atoms with Gasteiger partial charge in [0.1, 0.15) is 0 Å². The van der Waals surface area contributed by atoms with Crippen LogP contribution in [0.15, 0.2) is 52.7 Å². The van der Waals surface area contributed by atoms with Crippen molar-refractivity contribution in [2.24, 2.45) is 10.2 Å². The molecule has 0 unspecified atom stereocenters. The zero-order valence-corrected chi connectivity index (χ0v) is 15.4. The van der Waals surface area contributed by atoms with Crippen LogP contribution in [0.4, 0.5) is 5.69 Å². The van der Waals surface area contributed by atoms with Crippen molar-refractivity contribution in [3.63, 3.8) is 0 Å². The number of fused-ring (bicyclic) bond motifs is 1. The summed E-state index contributed by atoms with van der Waals surface area (Å²) in [6.45, 7) is 6.75. The van der Waals surface area contributed by atoms with Crippen molar-refractivity contribution in [2.45, 2.75) is 40.2 Å². The number of unbranched alkanes of at least 4 members (excludes halogenated alkanes) is 1. The van der Waals surface area contributed by atoms with Gasteiger partial charge in [-0.05, 0) is 44.5 Å². The second-order valence-corrected chi connectivity index (χ2v) is 6.57. The largest absolute Gasteiger partial charge is 0.493 e. The minimum absolute atomic E-state index is 0.0551. The van der Waals surface area contributed by atoms with Crippen LogP contribution in [0, 0.1) is 13.8 Å². The number of aromatic nitrogens is 1. The maximum absolute atomic E-state index is 12.3. The van der Waals surface area contributed by atoms with Gasteiger partial charge in [0.05, 0.1) is 5.52 Å². The molecule has 5 nitrogen and oxygen atoms in total. The van der Waals surface area contributed by atoms with E-state index in [2.05, 4.69) is 17.2 Å². The summed E-state index contributed by atoms with van der Waals surface area (Å²) >= 11 is 0. The van der Waals surface area contributed by atoms with Gasteiger partial charge in [-0.15, -0.1) is 10.2 Å². The Bertz CT molecular complexity index is 969. The summed E-state index contributed by atoms with van der Waals surface area (Å²) in [6.07, 6.45) is 1.97. The fraction of sp³-hybridized carbons (Fsp3) is 0.286. The molecule has 0 radical (unpaired) electrons. The molecule has 134 valence electrons. The van der Waals surface area contributed by atoms with Gasteiger partial charge in [-0.25, -0.2) is 0 Å². The lowest BCUT2D eigenvalue weighted by Gasteiger charge is -2.05. The van der Waals surface area contributed by atoms with Crippen molar-refractivity contribution >= 4 is 22.5 Å². The molecule has 0 aliphatic rings. The van der Waals surface area contributed by atoms with Crippen molar-refractivity contribution in [1.82, 2.24) is 4.57 Å². The first-order chi connectivity index (χ1) is 12.5. The van der Waals surface area contributed by atoms with Crippen molar-refractivity contribution in [3.8, 4) is 5.88 Å². The Balaban J connectivity index is 2.00. The van der Waals surface area contributed by atoms with Crippen molar-refractivity contribution < 1.29 is 9.90 Å². The molecular weight excluding hydrogens is 326 g/mol. The quantitative estimate of drug-likeness (QED) is 0.601. The summed E-state index contributed by atoms with van der Waals surface area (Å²) in [7, 11) is 0. The number of carbonyl (C=O) groups is 1. The lowest BCUT2D eigenvalue weighted by molar-refractivity contribution is 0.0995. The Morgan fingerprint density at radius 3 is 2.46 bits per heavy atom. The molecular formula is C21H23N3O2. The minimum atomic E-state index is -0.425. The van der Waals surface area contributed by atoms with Crippen LogP contribution in [-0.4, -0.2) is 15.6 Å². The molecule has 0 spiro atoms. The topological polar surface area (TPSA) is 66.9 Å². The zero-order chi connectivity index (χ0) is 18.7. The Kier molecular flexibility index (Phi) is 5.16. The fourth-order valence-electron chi connectivity index (χ4n) is 2.93. The molecule has 0 saturated heterocycles. The Morgan fingerprint density at radius 1 is 1.08 bits per heavy atom. The van der Waals surface area contributed by atoms with Crippen LogP contribution in [0.1, 0.15) is 41.3 Å². The number of aromatic hydroxyl groups is 1. The number of carbonyl (C=O) groups excluding carboxylic acids is 1. The van der Waals surface area contributed by atoms with E-state index >= 15 is 0 Å². The second kappa shape index (κ2) is 7.52. The highest BCUT2D eigenvalue weighted by molar-refractivity contribution is 5.97. The molecule has 1 amide bonds. The number of amides is 1. The van der Waals surface area contributed by atoms with Crippen LogP contribution in [-0.2, 0) is 6.54 Å². The zero-order valence-electron chi connectivity index (χ0n) is 15.4. The first-order valence-electron chi connectivity index (χ1n) is 8.85. The Hall–Kier alpha value is -2.95. The average molecular weight is 349 g/mol. The van der Waals surface area contributed by atoms with E-state index in [1.54, 1.807) is 12.1 Å². The maximum atomic E-state index is 12.3. The number of benzene rings is 2. The number of nitrogens with zero attached hydrogens (tertiary/aromatic N) is 3. The van der Waals surface area contributed by atoms with E-state index in [1.807, 2.05) is 48.7 Å². The summed E-state index contributed by atoms with van der Waals surface area (Å²) in [4.78, 5) is 12.3. The lowest BCUT2D eigenvalue weighted by atomic mass is 10.1. The predicted octanol–water partition coefficient (Wildman–Crippen LogP) is 5.69. The smallest absolute Gasteiger partial charge is 0.295 e. The maximum Gasteiger partial charge on any atom is 0.295 e. The SMILES string of the molecule is CCCCn1c(O)c(N=NC(=O)c2ccc(C)cc2)c2cc(C)ccc21. The summed E-state index contributed by atoms with van der Waals surface area (Å²) < 4.78 is 1.84. The first-order valence-corrected chi connectivity index (χ1v) is 8.85. The van der Waals surface area contributed by atoms with E-state index in [4.69, 9.17) is 0 Å². The third-order valence-corrected chi connectivity index (χ3v) is 4.44. The molecule has 0 saturated carbocycles. The average Bonchev–Trinajstić information content (AvgIpc) is 2.89. The normalized spacial score (nSPS) is 11.5. The molecule has 0 bridgehead atoms. The molecule has 1 heterocycles. The van der Waals surface area contributed by atoms with Gasteiger partial charge in [-0.1, -0.05) is 42.7 Å². The van der Waals surface area contributed by atoms with E-state index in [-0.39, 0.29) is 5.88 Å². The highest BCUT2D eigenvalue weighted by Crippen LogP contribution is 2.39. The first kappa shape index (κ1) is 17.9. The van der Waals surface area contributed by atoms with Crippen molar-refractivity contribution in [3.05, 3.63) is 59.2 Å². The third kappa shape index (κ3) is 3.52. The van der Waals surface area contributed by atoms with Crippen LogP contribution in [0.2, 0.25) is 0 Å². The molecule has 3 aromatic rings. The molecule has 0 aliphatic heterocycles. The van der Waals surface area contributed by atoms with Gasteiger partial charge in [0.25, 0.3) is 5.91 Å². The van der Waals surface area contributed by atoms with Crippen LogP contribution >= 0.6 is 0 Å². The number of azo groups is 1. The monoisotopic (exact) mass is 349 g/mol. The second-order valence-electron chi connectivity index (χ2n) is 6.57. The minimum Gasteiger partial charge on any atom is -0.493 e. The van der Waals surface area contributed by atoms with E-state index in [1.165, 1.54) is 0 Å². The van der Waals surface area contributed by atoms with E-state index in [0.29, 0.717) is 17.8 Å². The van der Waals surface area contributed by atoms with Gasteiger partial charge in [-0.2, -0.15) is 0 Å². The van der Waals surface area contributed by atoms with Gasteiger partial charge < -0.3 is 9.67 Å². The summed E-state index contributed by atoms with van der Waals surface area (Å²) in [5.41, 5.74) is 3.86. The van der Waals surface area contributed by atoms with E-state index < -0.39 is 5.91 Å². The molecule has 3 rings (SSSR count). The van der Waals surface area contributed by atoms with Crippen LogP contribution in [0.3, 0.4) is 0 Å². The van der Waals surface area contributed by atoms with E-state index in [9.17, 15) is 9.90 Å². The van der Waals surface area contributed by atoms with Gasteiger partial charge in [0.2, 0.25) is 5.88 Å². The van der Waals surface area contributed by atoms with Gasteiger partial charge in [0.15, 0.2) is 5.69 Å². The van der Waals surface area contributed by atoms with Crippen LogP contribution < -0.4 is 0 Å². The Labute approximate surface area is 153 Å². The molecule has 1 N–H and O–H groups in total. The highest BCUT2D eigenvalue weighted by atomic mass is 16.3. The van der Waals surface area contributed by atoms with Gasteiger partial charge in [0, 0.05) is 17.5 Å². The molecule has 5 heteroatoms. The molecule has 1 aromatic heterocycles. The molecule has 26 heavy (non-hydrogen) atoms. The predicted molar refractivity (Wildman–Crippen MR) is 103 cm³/mol. The fourth-order valence-corrected chi connectivity index (χ4v) is 2.93. The standard InChI is InChI=1S/C21H23N3O2/c1-4-5-12-24-18-11-8-15(3)13-17(18)19(21(24)26)22-23-20(25)16-9-6-14(2)7-10-16/h6-11,13,26H,4-5,12H2,1-3H3.